The number of carbonyl (C=O) groups is 1. The maximum absolute atomic E-state index is 11.2. The molecule has 1 unspecified atom stereocenters. The lowest BCUT2D eigenvalue weighted by Crippen LogP contribution is -2.30. The minimum atomic E-state index is -1.55. The molecule has 0 bridgehead atoms. The van der Waals surface area contributed by atoms with E-state index in [-0.39, 0.29) is 12.2 Å². The monoisotopic (exact) mass is 182 g/mol. The van der Waals surface area contributed by atoms with Gasteiger partial charge in [-0.05, 0) is 20.8 Å². The van der Waals surface area contributed by atoms with Gasteiger partial charge in [0.15, 0.2) is 5.60 Å². The predicted molar refractivity (Wildman–Crippen MR) is 49.8 cm³/mol. The summed E-state index contributed by atoms with van der Waals surface area (Å²) in [5, 5.41) is 9.57. The van der Waals surface area contributed by atoms with Crippen molar-refractivity contribution >= 4 is 5.97 Å². The van der Waals surface area contributed by atoms with Gasteiger partial charge in [0, 0.05) is 0 Å². The van der Waals surface area contributed by atoms with Gasteiger partial charge in [0.1, 0.15) is 0 Å². The lowest BCUT2D eigenvalue weighted by molar-refractivity contribution is -0.140. The number of terminal acetylenes is 1. The Morgan fingerprint density at radius 3 is 2.62 bits per heavy atom. The summed E-state index contributed by atoms with van der Waals surface area (Å²) in [6.07, 6.45) is 6.52. The summed E-state index contributed by atoms with van der Waals surface area (Å²) >= 11 is 0. The maximum Gasteiger partial charge on any atom is 0.337 e. The Morgan fingerprint density at radius 2 is 2.31 bits per heavy atom. The van der Waals surface area contributed by atoms with Gasteiger partial charge in [-0.1, -0.05) is 12.0 Å². The summed E-state index contributed by atoms with van der Waals surface area (Å²) in [4.78, 5) is 11.2. The zero-order chi connectivity index (χ0) is 10.5. The molecule has 0 aliphatic carbocycles. The largest absolute Gasteiger partial charge is 0.463 e. The Kier molecular flexibility index (Phi) is 4.22. The van der Waals surface area contributed by atoms with E-state index in [4.69, 9.17) is 11.2 Å². The van der Waals surface area contributed by atoms with Crippen LogP contribution in [0, 0.1) is 12.3 Å². The molecular formula is C10H14O3. The van der Waals surface area contributed by atoms with Gasteiger partial charge < -0.3 is 9.84 Å². The van der Waals surface area contributed by atoms with E-state index in [1.54, 1.807) is 13.8 Å². The van der Waals surface area contributed by atoms with Gasteiger partial charge in [-0.15, -0.1) is 6.42 Å². The van der Waals surface area contributed by atoms with Crippen LogP contribution in [0.2, 0.25) is 0 Å². The van der Waals surface area contributed by atoms with Crippen molar-refractivity contribution in [2.75, 3.05) is 6.61 Å². The van der Waals surface area contributed by atoms with Crippen LogP contribution in [0.15, 0.2) is 11.6 Å². The first-order valence-corrected chi connectivity index (χ1v) is 4.03. The minimum absolute atomic E-state index is 0.0943. The van der Waals surface area contributed by atoms with Crippen molar-refractivity contribution in [3.05, 3.63) is 11.6 Å². The average Bonchev–Trinajstić information content (AvgIpc) is 2.05. The van der Waals surface area contributed by atoms with Gasteiger partial charge >= 0.3 is 5.97 Å². The van der Waals surface area contributed by atoms with Gasteiger partial charge in [-0.3, -0.25) is 0 Å². The molecule has 0 fully saturated rings. The van der Waals surface area contributed by atoms with E-state index >= 15 is 0 Å². The van der Waals surface area contributed by atoms with Gasteiger partial charge in [0.05, 0.1) is 12.2 Å². The van der Waals surface area contributed by atoms with Gasteiger partial charge in [-0.2, -0.15) is 0 Å². The molecule has 3 nitrogen and oxygen atoms in total. The molecular weight excluding hydrogens is 168 g/mol. The minimum Gasteiger partial charge on any atom is -0.463 e. The smallest absolute Gasteiger partial charge is 0.337 e. The molecule has 0 aliphatic rings. The first-order chi connectivity index (χ1) is 5.99. The molecule has 72 valence electrons. The Hall–Kier alpha value is -1.27. The van der Waals surface area contributed by atoms with Crippen LogP contribution in [0.3, 0.4) is 0 Å². The van der Waals surface area contributed by atoms with Crippen molar-refractivity contribution in [1.29, 1.82) is 0 Å². The van der Waals surface area contributed by atoms with Crippen molar-refractivity contribution in [2.24, 2.45) is 0 Å². The Morgan fingerprint density at radius 1 is 1.77 bits per heavy atom. The van der Waals surface area contributed by atoms with Crippen LogP contribution in [0.5, 0.6) is 0 Å². The van der Waals surface area contributed by atoms with Crippen LogP contribution in [0.25, 0.3) is 0 Å². The van der Waals surface area contributed by atoms with Crippen LogP contribution in [0.1, 0.15) is 20.8 Å². The summed E-state index contributed by atoms with van der Waals surface area (Å²) in [5.74, 6) is 1.54. The third kappa shape index (κ3) is 2.92. The average molecular weight is 182 g/mol. The molecule has 0 rings (SSSR count). The molecule has 0 aromatic heterocycles. The molecule has 0 amide bonds. The van der Waals surface area contributed by atoms with Crippen molar-refractivity contribution in [2.45, 2.75) is 26.4 Å². The molecule has 0 aromatic carbocycles. The molecule has 1 atom stereocenters. The molecule has 1 N–H and O–H groups in total. The lowest BCUT2D eigenvalue weighted by Gasteiger charge is -2.18. The van der Waals surface area contributed by atoms with Gasteiger partial charge in [0.25, 0.3) is 0 Å². The number of aliphatic hydroxyl groups is 1. The van der Waals surface area contributed by atoms with Crippen molar-refractivity contribution in [3.8, 4) is 12.3 Å². The Bertz CT molecular complexity index is 256. The number of hydrogen-bond donors (Lipinski definition) is 1. The Balaban J connectivity index is 4.76. The first-order valence-electron chi connectivity index (χ1n) is 4.03. The molecule has 3 heteroatoms. The molecule has 0 saturated carbocycles. The van der Waals surface area contributed by atoms with Crippen LogP contribution in [-0.4, -0.2) is 23.3 Å². The summed E-state index contributed by atoms with van der Waals surface area (Å²) in [6, 6.07) is 0. The second-order valence-corrected chi connectivity index (χ2v) is 2.64. The van der Waals surface area contributed by atoms with Crippen LogP contribution < -0.4 is 0 Å². The number of carbonyl (C=O) groups excluding carboxylic acids is 1. The highest BCUT2D eigenvalue weighted by atomic mass is 16.5. The normalized spacial score (nSPS) is 15.8. The number of ether oxygens (including phenoxy) is 1. The number of rotatable bonds is 3. The highest BCUT2D eigenvalue weighted by molar-refractivity contribution is 5.91. The second-order valence-electron chi connectivity index (χ2n) is 2.64. The highest BCUT2D eigenvalue weighted by Crippen LogP contribution is 2.16. The number of esters is 1. The first kappa shape index (κ1) is 11.7. The maximum atomic E-state index is 11.2. The standard InChI is InChI=1S/C10H14O3/c1-5-8(9(11)13-7-3)10(4,12)6-2/h2,5,12H,7H2,1,3-4H3/b8-5-. The van der Waals surface area contributed by atoms with E-state index < -0.39 is 11.6 Å². The second kappa shape index (κ2) is 4.68. The molecule has 0 heterocycles. The fourth-order valence-electron chi connectivity index (χ4n) is 0.884. The predicted octanol–water partition coefficient (Wildman–Crippen LogP) is 0.880. The van der Waals surface area contributed by atoms with Crippen molar-refractivity contribution in [1.82, 2.24) is 0 Å². The van der Waals surface area contributed by atoms with E-state index in [0.717, 1.165) is 0 Å². The third-order valence-electron chi connectivity index (χ3n) is 1.59. The van der Waals surface area contributed by atoms with E-state index in [1.165, 1.54) is 13.0 Å². The zero-order valence-electron chi connectivity index (χ0n) is 8.13. The van der Waals surface area contributed by atoms with Crippen LogP contribution >= 0.6 is 0 Å². The van der Waals surface area contributed by atoms with Gasteiger partial charge in [-0.25, -0.2) is 4.79 Å². The molecule has 0 aromatic rings. The highest BCUT2D eigenvalue weighted by Gasteiger charge is 2.28. The van der Waals surface area contributed by atoms with Crippen molar-refractivity contribution < 1.29 is 14.6 Å². The summed E-state index contributed by atoms with van der Waals surface area (Å²) in [7, 11) is 0. The number of hydrogen-bond acceptors (Lipinski definition) is 3. The third-order valence-corrected chi connectivity index (χ3v) is 1.59. The summed E-state index contributed by atoms with van der Waals surface area (Å²) in [5.41, 5.74) is -1.46. The van der Waals surface area contributed by atoms with Crippen LogP contribution in [-0.2, 0) is 9.53 Å². The fraction of sp³-hybridized carbons (Fsp3) is 0.500. The quantitative estimate of drug-likeness (QED) is 0.400. The fourth-order valence-corrected chi connectivity index (χ4v) is 0.884. The number of allylic oxidation sites excluding steroid dienone is 1. The topological polar surface area (TPSA) is 46.5 Å². The molecule has 0 saturated heterocycles. The van der Waals surface area contributed by atoms with Crippen molar-refractivity contribution in [3.63, 3.8) is 0 Å². The summed E-state index contributed by atoms with van der Waals surface area (Å²) in [6.45, 7) is 4.95. The van der Waals surface area contributed by atoms with E-state index in [9.17, 15) is 9.90 Å². The van der Waals surface area contributed by atoms with E-state index in [0.29, 0.717) is 0 Å². The lowest BCUT2D eigenvalue weighted by atomic mass is 9.97. The summed E-state index contributed by atoms with van der Waals surface area (Å²) < 4.78 is 4.72. The Labute approximate surface area is 78.4 Å². The molecule has 13 heavy (non-hydrogen) atoms. The SMILES string of the molecule is C#CC(C)(O)/C(=C\C)C(=O)OCC. The van der Waals surface area contributed by atoms with E-state index in [2.05, 4.69) is 5.92 Å². The zero-order valence-corrected chi connectivity index (χ0v) is 8.13. The van der Waals surface area contributed by atoms with E-state index in [1.807, 2.05) is 0 Å². The molecule has 0 aliphatic heterocycles. The molecule has 0 spiro atoms. The molecule has 0 radical (unpaired) electrons. The van der Waals surface area contributed by atoms with Crippen LogP contribution in [0.4, 0.5) is 0 Å². The van der Waals surface area contributed by atoms with Gasteiger partial charge in [0.2, 0.25) is 0 Å².